The third-order valence-corrected chi connectivity index (χ3v) is 4.14. The van der Waals surface area contributed by atoms with Gasteiger partial charge in [-0.05, 0) is 35.4 Å². The Morgan fingerprint density at radius 1 is 1.10 bits per heavy atom. The van der Waals surface area contributed by atoms with Crippen LogP contribution in [0, 0.1) is 0 Å². The van der Waals surface area contributed by atoms with Crippen LogP contribution in [-0.2, 0) is 6.18 Å². The summed E-state index contributed by atoms with van der Waals surface area (Å²) in [5, 5.41) is 0. The number of halogens is 4. The summed E-state index contributed by atoms with van der Waals surface area (Å²) in [6.07, 6.45) is -1.13. The van der Waals surface area contributed by atoms with Gasteiger partial charge >= 0.3 is 6.18 Å². The smallest absolute Gasteiger partial charge is 0.323 e. The first kappa shape index (κ1) is 16.0. The number of benzene rings is 1. The normalized spacial score (nSPS) is 14.8. The van der Waals surface area contributed by atoms with E-state index in [0.29, 0.717) is 5.56 Å². The molecule has 1 heterocycles. The lowest BCUT2D eigenvalue weighted by Crippen LogP contribution is -2.19. The molecule has 0 radical (unpaired) electrons. The van der Waals surface area contributed by atoms with Gasteiger partial charge in [0.25, 0.3) is 0 Å². The number of nitrogens with two attached hydrogens (primary N) is 1. The summed E-state index contributed by atoms with van der Waals surface area (Å²) in [5.41, 5.74) is 6.81. The summed E-state index contributed by atoms with van der Waals surface area (Å²) in [6.45, 7) is 1.88. The maximum atomic E-state index is 12.9. The zero-order chi connectivity index (χ0) is 15.6. The second-order valence-corrected chi connectivity index (χ2v) is 5.69. The first-order valence-electron chi connectivity index (χ1n) is 6.33. The molecule has 2 unspecified atom stereocenters. The Bertz CT molecular complexity index is 614. The van der Waals surface area contributed by atoms with Gasteiger partial charge in [0, 0.05) is 28.8 Å². The fraction of sp³-hybridized carbons (Fsp3) is 0.267. The fourth-order valence-electron chi connectivity index (χ4n) is 2.13. The molecule has 0 fully saturated rings. The van der Waals surface area contributed by atoms with E-state index in [0.717, 1.165) is 11.6 Å². The second-order valence-electron chi connectivity index (χ2n) is 4.83. The van der Waals surface area contributed by atoms with Crippen LogP contribution in [0.1, 0.15) is 35.6 Å². The van der Waals surface area contributed by atoms with Gasteiger partial charge in [-0.1, -0.05) is 28.9 Å². The highest BCUT2D eigenvalue weighted by atomic mass is 79.9. The molecule has 0 spiro atoms. The van der Waals surface area contributed by atoms with E-state index in [2.05, 4.69) is 20.9 Å². The molecule has 0 bridgehead atoms. The maximum Gasteiger partial charge on any atom is 0.417 e. The van der Waals surface area contributed by atoms with Crippen molar-refractivity contribution in [2.24, 2.45) is 5.73 Å². The van der Waals surface area contributed by atoms with Crippen molar-refractivity contribution in [1.29, 1.82) is 0 Å². The highest BCUT2D eigenvalue weighted by molar-refractivity contribution is 9.10. The number of alkyl halides is 3. The van der Waals surface area contributed by atoms with E-state index >= 15 is 0 Å². The minimum absolute atomic E-state index is 0.0162. The molecule has 6 heteroatoms. The summed E-state index contributed by atoms with van der Waals surface area (Å²) in [5.74, 6) is -0.116. The SMILES string of the molecule is CC(c1ccncc1)C(N)c1ccc(Br)c(C(F)(F)F)c1. The van der Waals surface area contributed by atoms with Crippen LogP contribution in [0.4, 0.5) is 13.2 Å². The minimum atomic E-state index is -4.41. The van der Waals surface area contributed by atoms with Crippen LogP contribution in [0.5, 0.6) is 0 Å². The van der Waals surface area contributed by atoms with Gasteiger partial charge in [-0.25, -0.2) is 0 Å². The molecule has 112 valence electrons. The highest BCUT2D eigenvalue weighted by Gasteiger charge is 2.33. The van der Waals surface area contributed by atoms with E-state index in [1.807, 2.05) is 19.1 Å². The second kappa shape index (κ2) is 6.15. The molecule has 1 aromatic carbocycles. The van der Waals surface area contributed by atoms with E-state index < -0.39 is 17.8 Å². The number of rotatable bonds is 3. The summed E-state index contributed by atoms with van der Waals surface area (Å²) < 4.78 is 38.8. The van der Waals surface area contributed by atoms with E-state index in [1.165, 1.54) is 6.07 Å². The molecule has 2 aromatic rings. The van der Waals surface area contributed by atoms with Gasteiger partial charge in [-0.3, -0.25) is 4.98 Å². The fourth-order valence-corrected chi connectivity index (χ4v) is 2.60. The predicted molar refractivity (Wildman–Crippen MR) is 78.7 cm³/mol. The zero-order valence-electron chi connectivity index (χ0n) is 11.2. The molecule has 0 aliphatic heterocycles. The zero-order valence-corrected chi connectivity index (χ0v) is 12.8. The molecule has 2 N–H and O–H groups in total. The van der Waals surface area contributed by atoms with Crippen molar-refractivity contribution in [1.82, 2.24) is 4.98 Å². The van der Waals surface area contributed by atoms with Crippen molar-refractivity contribution < 1.29 is 13.2 Å². The molecule has 2 rings (SSSR count). The first-order valence-corrected chi connectivity index (χ1v) is 7.12. The van der Waals surface area contributed by atoms with Crippen LogP contribution >= 0.6 is 15.9 Å². The summed E-state index contributed by atoms with van der Waals surface area (Å²) in [4.78, 5) is 3.92. The Morgan fingerprint density at radius 2 is 1.71 bits per heavy atom. The van der Waals surface area contributed by atoms with Crippen molar-refractivity contribution in [3.05, 3.63) is 63.9 Å². The largest absolute Gasteiger partial charge is 0.417 e. The third-order valence-electron chi connectivity index (χ3n) is 3.45. The summed E-state index contributed by atoms with van der Waals surface area (Å²) in [7, 11) is 0. The lowest BCUT2D eigenvalue weighted by molar-refractivity contribution is -0.138. The van der Waals surface area contributed by atoms with E-state index in [-0.39, 0.29) is 10.4 Å². The molecule has 0 amide bonds. The predicted octanol–water partition coefficient (Wildman–Crippen LogP) is 4.67. The lowest BCUT2D eigenvalue weighted by Gasteiger charge is -2.22. The molecule has 0 saturated carbocycles. The van der Waals surface area contributed by atoms with Gasteiger partial charge in [0.05, 0.1) is 5.56 Å². The average molecular weight is 359 g/mol. The molecule has 0 aliphatic carbocycles. The molecule has 1 aromatic heterocycles. The van der Waals surface area contributed by atoms with Gasteiger partial charge in [0.2, 0.25) is 0 Å². The number of hydrogen-bond acceptors (Lipinski definition) is 2. The standard InChI is InChI=1S/C15H14BrF3N2/c1-9(10-4-6-21-7-5-10)14(20)11-2-3-13(16)12(8-11)15(17,18)19/h2-9,14H,20H2,1H3. The number of hydrogen-bond donors (Lipinski definition) is 1. The van der Waals surface area contributed by atoms with Crippen molar-refractivity contribution in [3.63, 3.8) is 0 Å². The van der Waals surface area contributed by atoms with Crippen LogP contribution in [0.2, 0.25) is 0 Å². The van der Waals surface area contributed by atoms with Crippen LogP contribution in [0.3, 0.4) is 0 Å². The number of pyridine rings is 1. The van der Waals surface area contributed by atoms with Gasteiger partial charge in [-0.2, -0.15) is 13.2 Å². The summed E-state index contributed by atoms with van der Waals surface area (Å²) >= 11 is 2.93. The molecule has 2 nitrogen and oxygen atoms in total. The van der Waals surface area contributed by atoms with Crippen LogP contribution in [0.15, 0.2) is 47.2 Å². The van der Waals surface area contributed by atoms with Gasteiger partial charge in [-0.15, -0.1) is 0 Å². The number of nitrogens with zero attached hydrogens (tertiary/aromatic N) is 1. The van der Waals surface area contributed by atoms with Crippen LogP contribution in [0.25, 0.3) is 0 Å². The molecular weight excluding hydrogens is 345 g/mol. The minimum Gasteiger partial charge on any atom is -0.323 e. The molecule has 0 aliphatic rings. The Morgan fingerprint density at radius 3 is 2.29 bits per heavy atom. The quantitative estimate of drug-likeness (QED) is 0.865. The third kappa shape index (κ3) is 3.63. The lowest BCUT2D eigenvalue weighted by atomic mass is 9.89. The Labute approximate surface area is 129 Å². The Kier molecular flexibility index (Phi) is 4.68. The van der Waals surface area contributed by atoms with Gasteiger partial charge < -0.3 is 5.73 Å². The monoisotopic (exact) mass is 358 g/mol. The Balaban J connectivity index is 2.34. The van der Waals surface area contributed by atoms with E-state index in [1.54, 1.807) is 18.5 Å². The van der Waals surface area contributed by atoms with Crippen molar-refractivity contribution >= 4 is 15.9 Å². The molecule has 21 heavy (non-hydrogen) atoms. The van der Waals surface area contributed by atoms with Crippen molar-refractivity contribution in [2.45, 2.75) is 25.1 Å². The van der Waals surface area contributed by atoms with E-state index in [9.17, 15) is 13.2 Å². The molecular formula is C15H14BrF3N2. The Hall–Kier alpha value is -1.40. The van der Waals surface area contributed by atoms with Gasteiger partial charge in [0.1, 0.15) is 0 Å². The van der Waals surface area contributed by atoms with Crippen molar-refractivity contribution in [2.75, 3.05) is 0 Å². The van der Waals surface area contributed by atoms with Gasteiger partial charge in [0.15, 0.2) is 0 Å². The first-order chi connectivity index (χ1) is 9.80. The average Bonchev–Trinajstić information content (AvgIpc) is 2.46. The highest BCUT2D eigenvalue weighted by Crippen LogP contribution is 2.37. The summed E-state index contributed by atoms with van der Waals surface area (Å²) in [6, 6.07) is 7.20. The topological polar surface area (TPSA) is 38.9 Å². The molecule has 2 atom stereocenters. The number of aromatic nitrogens is 1. The van der Waals surface area contributed by atoms with Crippen molar-refractivity contribution in [3.8, 4) is 0 Å². The maximum absolute atomic E-state index is 12.9. The van der Waals surface area contributed by atoms with Crippen LogP contribution < -0.4 is 5.73 Å². The van der Waals surface area contributed by atoms with Crippen LogP contribution in [-0.4, -0.2) is 4.98 Å². The molecule has 0 saturated heterocycles. The van der Waals surface area contributed by atoms with E-state index in [4.69, 9.17) is 5.73 Å².